The summed E-state index contributed by atoms with van der Waals surface area (Å²) in [6.07, 6.45) is 2.40. The first-order valence-electron chi connectivity index (χ1n) is 10.9. The molecule has 0 spiro atoms. The minimum absolute atomic E-state index is 0.120. The number of aromatic nitrogens is 1. The Hall–Kier alpha value is -3.40. The van der Waals surface area contributed by atoms with Crippen LogP contribution in [0.2, 0.25) is 5.02 Å². The van der Waals surface area contributed by atoms with Gasteiger partial charge in [0.2, 0.25) is 5.91 Å². The Morgan fingerprint density at radius 2 is 2.06 bits per heavy atom. The predicted octanol–water partition coefficient (Wildman–Crippen LogP) is 4.27. The zero-order valence-electron chi connectivity index (χ0n) is 18.2. The van der Waals surface area contributed by atoms with E-state index in [1.165, 1.54) is 5.56 Å². The van der Waals surface area contributed by atoms with Gasteiger partial charge >= 0.3 is 0 Å². The number of amides is 1. The Morgan fingerprint density at radius 3 is 2.85 bits per heavy atom. The van der Waals surface area contributed by atoms with E-state index in [1.54, 1.807) is 19.4 Å². The molecule has 7 heteroatoms. The molecule has 0 unspecified atom stereocenters. The second-order valence-corrected chi connectivity index (χ2v) is 8.91. The molecule has 0 saturated carbocycles. The van der Waals surface area contributed by atoms with E-state index >= 15 is 0 Å². The highest BCUT2D eigenvalue weighted by Crippen LogP contribution is 2.33. The number of hydrogen-bond donors (Lipinski definition) is 1. The summed E-state index contributed by atoms with van der Waals surface area (Å²) < 4.78 is 5.31. The van der Waals surface area contributed by atoms with Crippen molar-refractivity contribution >= 4 is 17.5 Å². The maximum absolute atomic E-state index is 13.3. The fraction of sp³-hybridized carbons (Fsp3) is 0.269. The third-order valence-electron chi connectivity index (χ3n) is 6.51. The molecule has 2 aromatic carbocycles. The number of carbonyl (C=O) groups excluding carboxylic acids is 1. The number of methoxy groups -OCH3 is 1. The number of carbonyl (C=O) groups is 1. The van der Waals surface area contributed by atoms with E-state index in [0.29, 0.717) is 30.1 Å². The molecule has 166 valence electrons. The summed E-state index contributed by atoms with van der Waals surface area (Å²) in [5.41, 5.74) is 5.22. The van der Waals surface area contributed by atoms with Crippen LogP contribution in [0, 0.1) is 11.3 Å². The number of nitrogens with zero attached hydrogens (tertiary/aromatic N) is 3. The lowest BCUT2D eigenvalue weighted by atomic mass is 9.96. The van der Waals surface area contributed by atoms with Crippen molar-refractivity contribution < 1.29 is 9.53 Å². The third-order valence-corrected chi connectivity index (χ3v) is 6.74. The summed E-state index contributed by atoms with van der Waals surface area (Å²) in [4.78, 5) is 19.6. The van der Waals surface area contributed by atoms with Gasteiger partial charge in [-0.2, -0.15) is 5.26 Å². The average molecular weight is 459 g/mol. The highest BCUT2D eigenvalue weighted by atomic mass is 35.5. The number of pyridine rings is 1. The van der Waals surface area contributed by atoms with Crippen LogP contribution in [-0.2, 0) is 17.9 Å². The van der Waals surface area contributed by atoms with Crippen molar-refractivity contribution in [2.24, 2.45) is 0 Å². The van der Waals surface area contributed by atoms with Crippen molar-refractivity contribution in [3.63, 3.8) is 0 Å². The Labute approximate surface area is 197 Å². The molecule has 1 amide bonds. The molecule has 1 aromatic heterocycles. The number of hydrogen-bond acceptors (Lipinski definition) is 5. The van der Waals surface area contributed by atoms with E-state index in [0.717, 1.165) is 34.7 Å². The van der Waals surface area contributed by atoms with E-state index in [1.807, 2.05) is 41.3 Å². The average Bonchev–Trinajstić information content (AvgIpc) is 3.50. The first kappa shape index (κ1) is 21.4. The van der Waals surface area contributed by atoms with Crippen molar-refractivity contribution in [3.05, 3.63) is 82.0 Å². The largest absolute Gasteiger partial charge is 0.495 e. The molecule has 3 heterocycles. The minimum atomic E-state index is -0.201. The van der Waals surface area contributed by atoms with Crippen LogP contribution in [0.25, 0.3) is 11.3 Å². The van der Waals surface area contributed by atoms with Crippen molar-refractivity contribution in [2.75, 3.05) is 13.7 Å². The second kappa shape index (κ2) is 8.86. The Bertz CT molecular complexity index is 1270. The summed E-state index contributed by atoms with van der Waals surface area (Å²) in [6, 6.07) is 17.6. The molecule has 2 aliphatic heterocycles. The highest BCUT2D eigenvalue weighted by molar-refractivity contribution is 6.30. The summed E-state index contributed by atoms with van der Waals surface area (Å²) in [6.45, 7) is 1.90. The Kier molecular flexibility index (Phi) is 5.76. The van der Waals surface area contributed by atoms with Gasteiger partial charge in [0.05, 0.1) is 18.8 Å². The monoisotopic (exact) mass is 458 g/mol. The summed E-state index contributed by atoms with van der Waals surface area (Å²) in [5.74, 6) is 0.897. The van der Waals surface area contributed by atoms with E-state index < -0.39 is 0 Å². The van der Waals surface area contributed by atoms with Gasteiger partial charge in [-0.05, 0) is 53.3 Å². The van der Waals surface area contributed by atoms with Gasteiger partial charge in [-0.25, -0.2) is 0 Å². The van der Waals surface area contributed by atoms with Crippen LogP contribution >= 0.6 is 11.6 Å². The molecular formula is C26H23ClN4O2. The van der Waals surface area contributed by atoms with Gasteiger partial charge in [0, 0.05) is 36.4 Å². The number of halogens is 1. The van der Waals surface area contributed by atoms with Gasteiger partial charge in [0.15, 0.2) is 0 Å². The number of nitriles is 1. The van der Waals surface area contributed by atoms with Gasteiger partial charge in [-0.3, -0.25) is 9.78 Å². The van der Waals surface area contributed by atoms with Crippen LogP contribution in [0.5, 0.6) is 5.75 Å². The molecule has 33 heavy (non-hydrogen) atoms. The molecule has 0 bridgehead atoms. The predicted molar refractivity (Wildman–Crippen MR) is 126 cm³/mol. The zero-order valence-corrected chi connectivity index (χ0v) is 19.0. The van der Waals surface area contributed by atoms with Gasteiger partial charge in [-0.15, -0.1) is 0 Å². The third kappa shape index (κ3) is 4.06. The highest BCUT2D eigenvalue weighted by Gasteiger charge is 2.35. The molecule has 0 radical (unpaired) electrons. The quantitative estimate of drug-likeness (QED) is 0.631. The van der Waals surface area contributed by atoms with E-state index in [9.17, 15) is 10.1 Å². The molecular weight excluding hydrogens is 436 g/mol. The normalized spacial score (nSPS) is 19.2. The second-order valence-electron chi connectivity index (χ2n) is 8.47. The first-order chi connectivity index (χ1) is 16.1. The lowest BCUT2D eigenvalue weighted by Gasteiger charge is -2.20. The number of benzene rings is 2. The number of nitrogens with one attached hydrogen (secondary N) is 1. The smallest absolute Gasteiger partial charge is 0.240 e. The van der Waals surface area contributed by atoms with Gasteiger partial charge in [0.1, 0.15) is 17.4 Å². The zero-order chi connectivity index (χ0) is 22.9. The Morgan fingerprint density at radius 1 is 1.21 bits per heavy atom. The van der Waals surface area contributed by atoms with Gasteiger partial charge < -0.3 is 15.0 Å². The summed E-state index contributed by atoms with van der Waals surface area (Å²) in [5, 5.41) is 13.7. The lowest BCUT2D eigenvalue weighted by Crippen LogP contribution is -2.40. The fourth-order valence-electron chi connectivity index (χ4n) is 4.80. The van der Waals surface area contributed by atoms with E-state index in [4.69, 9.17) is 16.3 Å². The maximum Gasteiger partial charge on any atom is 0.240 e. The van der Waals surface area contributed by atoms with Crippen LogP contribution in [0.3, 0.4) is 0 Å². The topological polar surface area (TPSA) is 78.2 Å². The molecule has 0 aliphatic carbocycles. The minimum Gasteiger partial charge on any atom is -0.495 e. The SMILES string of the molecule is COc1ccnc(-c2ccc3c(c2)CN(C(=O)[C@H]2C[C@@H](c4cccc(Cl)c4)CN2)C3)c1C#N. The van der Waals surface area contributed by atoms with Crippen molar-refractivity contribution in [2.45, 2.75) is 31.5 Å². The first-order valence-corrected chi connectivity index (χ1v) is 11.3. The summed E-state index contributed by atoms with van der Waals surface area (Å²) >= 11 is 6.15. The molecule has 1 fully saturated rings. The molecule has 2 atom stereocenters. The maximum atomic E-state index is 13.3. The number of rotatable bonds is 4. The van der Waals surface area contributed by atoms with Crippen LogP contribution in [0.15, 0.2) is 54.7 Å². The lowest BCUT2D eigenvalue weighted by molar-refractivity contribution is -0.133. The Balaban J connectivity index is 1.32. The molecule has 5 rings (SSSR count). The number of fused-ring (bicyclic) bond motifs is 1. The fourth-order valence-corrected chi connectivity index (χ4v) is 5.00. The van der Waals surface area contributed by atoms with Crippen LogP contribution < -0.4 is 10.1 Å². The number of ether oxygens (including phenoxy) is 1. The van der Waals surface area contributed by atoms with Gasteiger partial charge in [-0.1, -0.05) is 35.9 Å². The summed E-state index contributed by atoms with van der Waals surface area (Å²) in [7, 11) is 1.54. The molecule has 1 N–H and O–H groups in total. The molecule has 2 aliphatic rings. The molecule has 3 aromatic rings. The van der Waals surface area contributed by atoms with Crippen molar-refractivity contribution in [3.8, 4) is 23.1 Å². The van der Waals surface area contributed by atoms with E-state index in [-0.39, 0.29) is 17.9 Å². The van der Waals surface area contributed by atoms with Gasteiger partial charge in [0.25, 0.3) is 0 Å². The molecule has 1 saturated heterocycles. The molecule has 6 nitrogen and oxygen atoms in total. The van der Waals surface area contributed by atoms with Crippen LogP contribution in [0.4, 0.5) is 0 Å². The standard InChI is InChI=1S/C26H23ClN4O2/c1-33-24-7-8-29-25(22(24)12-28)17-5-6-18-14-31(15-20(18)9-17)26(32)23-11-19(13-30-23)16-3-2-4-21(27)10-16/h2-10,19,23,30H,11,13-15H2,1H3/t19-,23-/m1/s1. The van der Waals surface area contributed by atoms with Crippen LogP contribution in [-0.4, -0.2) is 35.5 Å². The van der Waals surface area contributed by atoms with Crippen molar-refractivity contribution in [1.29, 1.82) is 5.26 Å². The van der Waals surface area contributed by atoms with Crippen LogP contribution in [0.1, 0.15) is 34.6 Å². The van der Waals surface area contributed by atoms with Crippen molar-refractivity contribution in [1.82, 2.24) is 15.2 Å². The van der Waals surface area contributed by atoms with E-state index in [2.05, 4.69) is 22.4 Å².